The van der Waals surface area contributed by atoms with Crippen molar-refractivity contribution in [3.63, 3.8) is 0 Å². The number of nitrogens with zero attached hydrogens (tertiary/aromatic N) is 1. The second kappa shape index (κ2) is 9.19. The molecule has 1 fully saturated rings. The Balaban J connectivity index is 1.64. The zero-order chi connectivity index (χ0) is 14.9. The topological polar surface area (TPSA) is 24.5 Å². The van der Waals surface area contributed by atoms with Gasteiger partial charge in [-0.25, -0.2) is 0 Å². The van der Waals surface area contributed by atoms with Crippen molar-refractivity contribution in [1.82, 2.24) is 10.2 Å². The first-order valence-electron chi connectivity index (χ1n) is 8.31. The number of likely N-dealkylation sites (tertiary alicyclic amines) is 1. The molecule has 1 unspecified atom stereocenters. The van der Waals surface area contributed by atoms with E-state index in [1.165, 1.54) is 24.9 Å². The van der Waals surface area contributed by atoms with E-state index in [4.69, 9.17) is 4.74 Å². The molecule has 0 amide bonds. The Morgan fingerprint density at radius 2 is 2.10 bits per heavy atom. The van der Waals surface area contributed by atoms with Crippen molar-refractivity contribution in [3.05, 3.63) is 35.9 Å². The van der Waals surface area contributed by atoms with E-state index in [9.17, 15) is 0 Å². The lowest BCUT2D eigenvalue weighted by atomic mass is 10.0. The number of hydrogen-bond acceptors (Lipinski definition) is 3. The third kappa shape index (κ3) is 6.60. The number of piperidine rings is 1. The molecule has 1 atom stereocenters. The molecule has 1 saturated heterocycles. The van der Waals surface area contributed by atoms with Crippen molar-refractivity contribution < 1.29 is 4.74 Å². The van der Waals surface area contributed by atoms with E-state index in [2.05, 4.69) is 54.4 Å². The van der Waals surface area contributed by atoms with Crippen molar-refractivity contribution >= 4 is 0 Å². The molecule has 1 aromatic carbocycles. The Morgan fingerprint density at radius 1 is 1.29 bits per heavy atom. The smallest absolute Gasteiger partial charge is 0.0591 e. The van der Waals surface area contributed by atoms with E-state index in [1.807, 2.05) is 0 Å². The number of rotatable bonds is 8. The summed E-state index contributed by atoms with van der Waals surface area (Å²) < 4.78 is 5.63. The molecule has 3 heteroatoms. The highest BCUT2D eigenvalue weighted by Crippen LogP contribution is 2.13. The standard InChI is InChI=1S/C18H30N2O/c1-16(2)15-21-12-10-19-18-9-6-11-20(14-18)13-17-7-4-3-5-8-17/h3-5,7-8,16,18-19H,6,9-15H2,1-2H3. The first-order chi connectivity index (χ1) is 10.2. The molecule has 0 bridgehead atoms. The minimum Gasteiger partial charge on any atom is -0.380 e. The summed E-state index contributed by atoms with van der Waals surface area (Å²) in [5.41, 5.74) is 1.42. The second-order valence-corrected chi connectivity index (χ2v) is 6.48. The first kappa shape index (κ1) is 16.5. The van der Waals surface area contributed by atoms with Crippen molar-refractivity contribution in [2.45, 2.75) is 39.3 Å². The van der Waals surface area contributed by atoms with Crippen LogP contribution in [0.4, 0.5) is 0 Å². The predicted molar refractivity (Wildman–Crippen MR) is 88.4 cm³/mol. The Bertz CT molecular complexity index is 380. The molecule has 1 heterocycles. The van der Waals surface area contributed by atoms with Crippen molar-refractivity contribution in [2.24, 2.45) is 5.92 Å². The largest absolute Gasteiger partial charge is 0.380 e. The lowest BCUT2D eigenvalue weighted by Gasteiger charge is -2.33. The summed E-state index contributed by atoms with van der Waals surface area (Å²) in [7, 11) is 0. The highest BCUT2D eigenvalue weighted by molar-refractivity contribution is 5.14. The Hall–Kier alpha value is -0.900. The third-order valence-electron chi connectivity index (χ3n) is 3.89. The molecule has 1 aromatic rings. The van der Waals surface area contributed by atoms with Crippen LogP contribution in [0, 0.1) is 5.92 Å². The van der Waals surface area contributed by atoms with Gasteiger partial charge in [-0.1, -0.05) is 44.2 Å². The molecule has 1 aliphatic rings. The Morgan fingerprint density at radius 3 is 2.86 bits per heavy atom. The van der Waals surface area contributed by atoms with Gasteiger partial charge < -0.3 is 10.1 Å². The molecule has 0 aliphatic carbocycles. The molecular weight excluding hydrogens is 260 g/mol. The maximum atomic E-state index is 5.63. The van der Waals surface area contributed by atoms with Crippen molar-refractivity contribution in [2.75, 3.05) is 32.8 Å². The van der Waals surface area contributed by atoms with E-state index >= 15 is 0 Å². The van der Waals surface area contributed by atoms with Crippen LogP contribution in [0.25, 0.3) is 0 Å². The summed E-state index contributed by atoms with van der Waals surface area (Å²) in [6.07, 6.45) is 2.58. The maximum Gasteiger partial charge on any atom is 0.0591 e. The number of hydrogen-bond donors (Lipinski definition) is 1. The summed E-state index contributed by atoms with van der Waals surface area (Å²) in [5.74, 6) is 0.626. The molecule has 0 radical (unpaired) electrons. The van der Waals surface area contributed by atoms with Crippen LogP contribution in [0.3, 0.4) is 0 Å². The summed E-state index contributed by atoms with van der Waals surface area (Å²) in [6, 6.07) is 11.4. The van der Waals surface area contributed by atoms with Gasteiger partial charge in [0, 0.05) is 32.3 Å². The summed E-state index contributed by atoms with van der Waals surface area (Å²) in [5, 5.41) is 3.64. The van der Waals surface area contributed by atoms with E-state index in [0.717, 1.165) is 32.8 Å². The normalized spacial score (nSPS) is 20.0. The van der Waals surface area contributed by atoms with Crippen LogP contribution in [0.5, 0.6) is 0 Å². The average molecular weight is 290 g/mol. The number of nitrogens with one attached hydrogen (secondary N) is 1. The van der Waals surface area contributed by atoms with E-state index in [-0.39, 0.29) is 0 Å². The number of benzene rings is 1. The monoisotopic (exact) mass is 290 g/mol. The van der Waals surface area contributed by atoms with Gasteiger partial charge >= 0.3 is 0 Å². The van der Waals surface area contributed by atoms with Crippen LogP contribution in [-0.2, 0) is 11.3 Å². The minimum atomic E-state index is 0.616. The fourth-order valence-corrected chi connectivity index (χ4v) is 2.86. The molecule has 2 rings (SSSR count). The van der Waals surface area contributed by atoms with Gasteiger partial charge in [-0.05, 0) is 30.9 Å². The van der Waals surface area contributed by atoms with Crippen LogP contribution >= 0.6 is 0 Å². The van der Waals surface area contributed by atoms with Gasteiger partial charge in [0.1, 0.15) is 0 Å². The summed E-state index contributed by atoms with van der Waals surface area (Å²) in [6.45, 7) is 10.5. The molecule has 21 heavy (non-hydrogen) atoms. The van der Waals surface area contributed by atoms with Gasteiger partial charge in [-0.2, -0.15) is 0 Å². The lowest BCUT2D eigenvalue weighted by Crippen LogP contribution is -2.46. The fourth-order valence-electron chi connectivity index (χ4n) is 2.86. The fraction of sp³-hybridized carbons (Fsp3) is 0.667. The van der Waals surface area contributed by atoms with Gasteiger partial charge in [0.15, 0.2) is 0 Å². The molecule has 118 valence electrons. The predicted octanol–water partition coefficient (Wildman–Crippen LogP) is 2.91. The summed E-state index contributed by atoms with van der Waals surface area (Å²) >= 11 is 0. The summed E-state index contributed by atoms with van der Waals surface area (Å²) in [4.78, 5) is 2.56. The lowest BCUT2D eigenvalue weighted by molar-refractivity contribution is 0.105. The van der Waals surface area contributed by atoms with E-state index in [0.29, 0.717) is 12.0 Å². The zero-order valence-corrected chi connectivity index (χ0v) is 13.6. The van der Waals surface area contributed by atoms with Crippen molar-refractivity contribution in [3.8, 4) is 0 Å². The molecule has 0 aromatic heterocycles. The molecule has 3 nitrogen and oxygen atoms in total. The molecule has 1 aliphatic heterocycles. The van der Waals surface area contributed by atoms with E-state index in [1.54, 1.807) is 0 Å². The zero-order valence-electron chi connectivity index (χ0n) is 13.6. The average Bonchev–Trinajstić information content (AvgIpc) is 2.48. The maximum absolute atomic E-state index is 5.63. The second-order valence-electron chi connectivity index (χ2n) is 6.48. The van der Waals surface area contributed by atoms with Gasteiger partial charge in [0.25, 0.3) is 0 Å². The SMILES string of the molecule is CC(C)COCCNC1CCCN(Cc2ccccc2)C1. The third-order valence-corrected chi connectivity index (χ3v) is 3.89. The van der Waals surface area contributed by atoms with Gasteiger partial charge in [0.2, 0.25) is 0 Å². The molecule has 1 N–H and O–H groups in total. The van der Waals surface area contributed by atoms with Crippen LogP contribution in [0.15, 0.2) is 30.3 Å². The van der Waals surface area contributed by atoms with Gasteiger partial charge in [-0.15, -0.1) is 0 Å². The first-order valence-corrected chi connectivity index (χ1v) is 8.31. The Kier molecular flexibility index (Phi) is 7.20. The van der Waals surface area contributed by atoms with Crippen LogP contribution < -0.4 is 5.32 Å². The number of ether oxygens (including phenoxy) is 1. The highest BCUT2D eigenvalue weighted by Gasteiger charge is 2.19. The Labute approximate surface area is 129 Å². The van der Waals surface area contributed by atoms with Crippen molar-refractivity contribution in [1.29, 1.82) is 0 Å². The molecular formula is C18H30N2O. The van der Waals surface area contributed by atoms with Crippen LogP contribution in [0.2, 0.25) is 0 Å². The van der Waals surface area contributed by atoms with Gasteiger partial charge in [0.05, 0.1) is 6.61 Å². The van der Waals surface area contributed by atoms with E-state index < -0.39 is 0 Å². The van der Waals surface area contributed by atoms with Gasteiger partial charge in [-0.3, -0.25) is 4.90 Å². The minimum absolute atomic E-state index is 0.616. The van der Waals surface area contributed by atoms with Crippen LogP contribution in [-0.4, -0.2) is 43.8 Å². The van der Waals surface area contributed by atoms with Crippen LogP contribution in [0.1, 0.15) is 32.3 Å². The molecule has 0 saturated carbocycles. The highest BCUT2D eigenvalue weighted by atomic mass is 16.5. The molecule has 0 spiro atoms. The quantitative estimate of drug-likeness (QED) is 0.745.